The van der Waals surface area contributed by atoms with E-state index in [1.807, 2.05) is 0 Å². The monoisotopic (exact) mass is 377 g/mol. The number of nitrogens with zero attached hydrogens (tertiary/aromatic N) is 5. The first kappa shape index (κ1) is 17.5. The molecule has 4 atom stereocenters. The molecule has 4 unspecified atom stereocenters. The van der Waals surface area contributed by atoms with E-state index in [4.69, 9.17) is 33.9 Å². The van der Waals surface area contributed by atoms with Gasteiger partial charge in [0.15, 0.2) is 0 Å². The Bertz CT molecular complexity index is 595. The molecule has 9 heteroatoms. The molecule has 148 valence electrons. The van der Waals surface area contributed by atoms with Gasteiger partial charge in [-0.2, -0.15) is 15.0 Å². The van der Waals surface area contributed by atoms with E-state index >= 15 is 0 Å². The molecule has 9 nitrogen and oxygen atoms in total. The topological polar surface area (TPSA) is 95.3 Å². The van der Waals surface area contributed by atoms with E-state index in [9.17, 15) is 0 Å². The van der Waals surface area contributed by atoms with Crippen LogP contribution in [0.15, 0.2) is 0 Å². The third-order valence-electron chi connectivity index (χ3n) is 5.02. The van der Waals surface area contributed by atoms with Gasteiger partial charge >= 0.3 is 0 Å². The van der Waals surface area contributed by atoms with Crippen LogP contribution in [0.3, 0.4) is 0 Å². The van der Waals surface area contributed by atoms with Crippen molar-refractivity contribution in [3.05, 3.63) is 5.82 Å². The van der Waals surface area contributed by atoms with Gasteiger partial charge in [0.05, 0.1) is 50.8 Å². The lowest BCUT2D eigenvalue weighted by Gasteiger charge is -2.26. The molecule has 4 aliphatic rings. The quantitative estimate of drug-likeness (QED) is 0.501. The highest BCUT2D eigenvalue weighted by Gasteiger charge is 2.35. The Kier molecular flexibility index (Phi) is 4.63. The van der Waals surface area contributed by atoms with Gasteiger partial charge in [-0.25, -0.2) is 0 Å². The van der Waals surface area contributed by atoms with Gasteiger partial charge in [-0.15, -0.1) is 0 Å². The van der Waals surface area contributed by atoms with Gasteiger partial charge < -0.3 is 28.7 Å². The fourth-order valence-corrected chi connectivity index (χ4v) is 3.06. The zero-order valence-corrected chi connectivity index (χ0v) is 15.9. The Balaban J connectivity index is 1.43. The van der Waals surface area contributed by atoms with Crippen LogP contribution in [0.5, 0.6) is 0 Å². The van der Waals surface area contributed by atoms with Crippen LogP contribution < -0.4 is 9.80 Å². The summed E-state index contributed by atoms with van der Waals surface area (Å²) in [5.74, 6) is 2.46. The average Bonchev–Trinajstić information content (AvgIpc) is 3.48. The summed E-state index contributed by atoms with van der Waals surface area (Å²) in [5, 5.41) is 0. The van der Waals surface area contributed by atoms with E-state index < -0.39 is 0 Å². The first-order valence-electron chi connectivity index (χ1n) is 9.86. The van der Waals surface area contributed by atoms with Gasteiger partial charge in [0, 0.05) is 32.1 Å². The molecule has 0 amide bonds. The minimum atomic E-state index is 0.220. The van der Waals surface area contributed by atoms with Crippen LogP contribution in [-0.4, -0.2) is 92.0 Å². The van der Waals surface area contributed by atoms with Gasteiger partial charge in [0.1, 0.15) is 5.82 Å². The van der Waals surface area contributed by atoms with Gasteiger partial charge in [-0.3, -0.25) is 0 Å². The minimum absolute atomic E-state index is 0.220. The second-order valence-corrected chi connectivity index (χ2v) is 8.08. The summed E-state index contributed by atoms with van der Waals surface area (Å²) < 4.78 is 21.8. The maximum atomic E-state index is 5.44. The van der Waals surface area contributed by atoms with Crippen molar-refractivity contribution in [2.24, 2.45) is 0 Å². The molecule has 4 saturated heterocycles. The molecule has 4 fully saturated rings. The molecule has 1 aromatic heterocycles. The molecular formula is C18H27N5O4. The maximum absolute atomic E-state index is 5.44. The molecule has 0 spiro atoms. The van der Waals surface area contributed by atoms with Crippen molar-refractivity contribution in [3.8, 4) is 0 Å². The largest absolute Gasteiger partial charge is 0.371 e. The fraction of sp³-hybridized carbons (Fsp3) is 0.833. The van der Waals surface area contributed by atoms with E-state index in [1.165, 1.54) is 0 Å². The SMILES string of the molecule is CC(C)c1nc(N(CC2CO2)CC2CO2)nc(N(CC2CO2)CC2CO2)n1. The lowest BCUT2D eigenvalue weighted by Crippen LogP contribution is -2.36. The first-order valence-corrected chi connectivity index (χ1v) is 9.86. The van der Waals surface area contributed by atoms with Crippen LogP contribution in [0.4, 0.5) is 11.9 Å². The molecule has 0 radical (unpaired) electrons. The Morgan fingerprint density at radius 3 is 1.30 bits per heavy atom. The van der Waals surface area contributed by atoms with E-state index in [-0.39, 0.29) is 30.3 Å². The third-order valence-corrected chi connectivity index (χ3v) is 5.02. The van der Waals surface area contributed by atoms with Crippen molar-refractivity contribution in [3.63, 3.8) is 0 Å². The summed E-state index contributed by atoms with van der Waals surface area (Å²) in [6.07, 6.45) is 1.06. The van der Waals surface area contributed by atoms with Gasteiger partial charge in [0.25, 0.3) is 0 Å². The molecule has 0 aromatic carbocycles. The van der Waals surface area contributed by atoms with E-state index in [1.54, 1.807) is 0 Å². The average molecular weight is 377 g/mol. The molecule has 0 bridgehead atoms. The van der Waals surface area contributed by atoms with Crippen molar-refractivity contribution in [2.45, 2.75) is 44.2 Å². The summed E-state index contributed by atoms with van der Waals surface area (Å²) in [6.45, 7) is 10.6. The number of ether oxygens (including phenoxy) is 4. The lowest BCUT2D eigenvalue weighted by molar-refractivity contribution is 0.385. The number of hydrogen-bond donors (Lipinski definition) is 0. The smallest absolute Gasteiger partial charge is 0.230 e. The number of epoxide rings is 4. The van der Waals surface area contributed by atoms with Crippen LogP contribution in [0.2, 0.25) is 0 Å². The highest BCUT2D eigenvalue weighted by molar-refractivity contribution is 5.41. The molecule has 0 saturated carbocycles. The van der Waals surface area contributed by atoms with E-state index in [0.29, 0.717) is 11.9 Å². The van der Waals surface area contributed by atoms with Crippen molar-refractivity contribution in [1.29, 1.82) is 0 Å². The Morgan fingerprint density at radius 2 is 1.04 bits per heavy atom. The third kappa shape index (κ3) is 4.84. The van der Waals surface area contributed by atoms with Crippen LogP contribution in [0.1, 0.15) is 25.6 Å². The normalized spacial score (nSPS) is 30.3. The van der Waals surface area contributed by atoms with E-state index in [0.717, 1.165) is 58.4 Å². The zero-order valence-electron chi connectivity index (χ0n) is 15.9. The first-order chi connectivity index (χ1) is 13.1. The molecule has 0 N–H and O–H groups in total. The van der Waals surface area contributed by atoms with Crippen LogP contribution in [0, 0.1) is 0 Å². The number of aromatic nitrogens is 3. The molecule has 1 aromatic rings. The summed E-state index contributed by atoms with van der Waals surface area (Å²) >= 11 is 0. The molecule has 27 heavy (non-hydrogen) atoms. The minimum Gasteiger partial charge on any atom is -0.371 e. The van der Waals surface area contributed by atoms with Crippen molar-refractivity contribution >= 4 is 11.9 Å². The highest BCUT2D eigenvalue weighted by Crippen LogP contribution is 2.25. The zero-order chi connectivity index (χ0) is 18.4. The van der Waals surface area contributed by atoms with Crippen LogP contribution >= 0.6 is 0 Å². The van der Waals surface area contributed by atoms with Gasteiger partial charge in [-0.1, -0.05) is 13.8 Å². The van der Waals surface area contributed by atoms with Crippen molar-refractivity contribution in [2.75, 3.05) is 62.4 Å². The number of anilines is 2. The standard InChI is InChI=1S/C18H27N5O4/c1-11(2)16-19-17(22(3-12-7-24-12)4-13-8-25-13)21-18(20-16)23(5-14-9-26-14)6-15-10-27-15/h11-15H,3-10H2,1-2H3. The second-order valence-electron chi connectivity index (χ2n) is 8.08. The van der Waals surface area contributed by atoms with Crippen LogP contribution in [0.25, 0.3) is 0 Å². The molecule has 4 aliphatic heterocycles. The van der Waals surface area contributed by atoms with Crippen molar-refractivity contribution in [1.82, 2.24) is 15.0 Å². The molecule has 0 aliphatic carbocycles. The van der Waals surface area contributed by atoms with Crippen molar-refractivity contribution < 1.29 is 18.9 Å². The predicted molar refractivity (Wildman–Crippen MR) is 97.3 cm³/mol. The van der Waals surface area contributed by atoms with E-state index in [2.05, 4.69) is 23.6 Å². The number of hydrogen-bond acceptors (Lipinski definition) is 9. The van der Waals surface area contributed by atoms with Gasteiger partial charge in [-0.05, 0) is 0 Å². The Hall–Kier alpha value is -1.55. The fourth-order valence-electron chi connectivity index (χ4n) is 3.06. The number of rotatable bonds is 11. The maximum Gasteiger partial charge on any atom is 0.230 e. The summed E-state index contributed by atoms with van der Waals surface area (Å²) in [7, 11) is 0. The predicted octanol–water partition coefficient (Wildman–Crippen LogP) is 0.203. The highest BCUT2D eigenvalue weighted by atomic mass is 16.6. The summed E-state index contributed by atoms with van der Waals surface area (Å²) in [4.78, 5) is 18.8. The Labute approximate surface area is 159 Å². The molecule has 5 rings (SSSR count). The van der Waals surface area contributed by atoms with Gasteiger partial charge in [0.2, 0.25) is 11.9 Å². The van der Waals surface area contributed by atoms with Crippen LogP contribution in [-0.2, 0) is 18.9 Å². The summed E-state index contributed by atoms with van der Waals surface area (Å²) in [5.41, 5.74) is 0. The molecular weight excluding hydrogens is 350 g/mol. The Morgan fingerprint density at radius 1 is 0.704 bits per heavy atom. The second kappa shape index (κ2) is 7.12. The lowest BCUT2D eigenvalue weighted by atomic mass is 10.2. The molecule has 5 heterocycles. The summed E-state index contributed by atoms with van der Waals surface area (Å²) in [6, 6.07) is 0.